The van der Waals surface area contributed by atoms with Crippen molar-refractivity contribution in [1.29, 1.82) is 0 Å². The van der Waals surface area contributed by atoms with Gasteiger partial charge in [0.25, 0.3) is 0 Å². The van der Waals surface area contributed by atoms with Crippen molar-refractivity contribution in [1.82, 2.24) is 0 Å². The van der Waals surface area contributed by atoms with Crippen molar-refractivity contribution in [2.75, 3.05) is 0 Å². The summed E-state index contributed by atoms with van der Waals surface area (Å²) in [6, 6.07) is 0. The van der Waals surface area contributed by atoms with Gasteiger partial charge in [-0.3, -0.25) is 0 Å². The van der Waals surface area contributed by atoms with Crippen LogP contribution in [0, 0.1) is 0 Å². The molecule has 0 aliphatic carbocycles. The first-order valence-corrected chi connectivity index (χ1v) is 15.9. The molecular weight excluding hydrogens is 375 g/mol. The molecule has 0 rings (SSSR count). The molecule has 0 aliphatic rings. The van der Waals surface area contributed by atoms with Crippen LogP contribution in [0.25, 0.3) is 0 Å². The van der Waals surface area contributed by atoms with Gasteiger partial charge < -0.3 is 14.7 Å². The summed E-state index contributed by atoms with van der Waals surface area (Å²) in [4.78, 5) is 21.6. The van der Waals surface area contributed by atoms with Gasteiger partial charge in [-0.2, -0.15) is 0 Å². The van der Waals surface area contributed by atoms with Crippen LogP contribution in [0.2, 0.25) is 5.04 Å². The standard InChI is InChI=1S/2C10H21.Ca.H3O4P/c2*1-3-5-7-9-10-8-6-4-2;;1-5(2,3)4/h2*1,3-10H2,2H3;;(H3,1,2,3,4). The van der Waals surface area contributed by atoms with Gasteiger partial charge in [0.1, 0.15) is 0 Å². The van der Waals surface area contributed by atoms with E-state index in [1.54, 1.807) is 17.9 Å². The summed E-state index contributed by atoms with van der Waals surface area (Å²) in [7, 11) is -4.64. The topological polar surface area (TPSA) is 77.8 Å². The summed E-state index contributed by atoms with van der Waals surface area (Å²) in [6.07, 6.45) is 23.9. The van der Waals surface area contributed by atoms with Crippen molar-refractivity contribution in [3.63, 3.8) is 0 Å². The molecule has 0 spiro atoms. The zero-order valence-electron chi connectivity index (χ0n) is 17.6. The van der Waals surface area contributed by atoms with E-state index in [0.29, 0.717) is 0 Å². The summed E-state index contributed by atoms with van der Waals surface area (Å²) in [5.74, 6) is 0. The molecule has 0 saturated heterocycles. The second-order valence-corrected chi connectivity index (χ2v) is 11.9. The van der Waals surface area contributed by atoms with E-state index < -0.39 is 7.82 Å². The maximum absolute atomic E-state index is 8.88. The minimum Gasteiger partial charge on any atom is -0.303 e. The Bertz CT molecular complexity index is 271. The summed E-state index contributed by atoms with van der Waals surface area (Å²) in [5, 5.41) is 0. The van der Waals surface area contributed by atoms with E-state index in [1.807, 2.05) is 0 Å². The molecule has 0 bridgehead atoms. The minimum atomic E-state index is -4.64. The Labute approximate surface area is 181 Å². The Morgan fingerprint density at radius 1 is 0.538 bits per heavy atom. The van der Waals surface area contributed by atoms with Crippen LogP contribution in [0.3, 0.4) is 0 Å². The maximum atomic E-state index is 8.88. The van der Waals surface area contributed by atoms with Crippen molar-refractivity contribution >= 4 is 41.7 Å². The molecule has 3 N–H and O–H groups in total. The zero-order valence-corrected chi connectivity index (χ0v) is 20.7. The van der Waals surface area contributed by atoms with Crippen LogP contribution >= 0.6 is 7.82 Å². The molecule has 0 unspecified atom stereocenters. The summed E-state index contributed by atoms with van der Waals surface area (Å²) in [6.45, 7) is 4.61. The number of phosphoric acid groups is 1. The van der Waals surface area contributed by atoms with Crippen LogP contribution in [0.5, 0.6) is 0 Å². The Balaban J connectivity index is 0. The van der Waals surface area contributed by atoms with Crippen LogP contribution in [0.1, 0.15) is 117 Å². The molecule has 26 heavy (non-hydrogen) atoms. The molecule has 0 saturated carbocycles. The first-order chi connectivity index (χ1) is 12.4. The Morgan fingerprint density at radius 2 is 0.769 bits per heavy atom. The third-order valence-electron chi connectivity index (χ3n) is 4.71. The van der Waals surface area contributed by atoms with E-state index in [2.05, 4.69) is 13.8 Å². The van der Waals surface area contributed by atoms with E-state index >= 15 is 0 Å². The molecule has 0 amide bonds. The first-order valence-electron chi connectivity index (χ1n) is 11.2. The molecule has 0 atom stereocenters. The van der Waals surface area contributed by atoms with Gasteiger partial charge >= 0.3 is 163 Å². The molecule has 0 aromatic heterocycles. The molecule has 0 aromatic carbocycles. The van der Waals surface area contributed by atoms with Gasteiger partial charge in [0, 0.05) is 0 Å². The van der Waals surface area contributed by atoms with Crippen molar-refractivity contribution in [2.45, 2.75) is 122 Å². The van der Waals surface area contributed by atoms with E-state index in [-0.39, 0.29) is 33.8 Å². The predicted octanol–water partition coefficient (Wildman–Crippen LogP) is 6.88. The van der Waals surface area contributed by atoms with E-state index in [0.717, 1.165) is 0 Å². The van der Waals surface area contributed by atoms with Gasteiger partial charge in [-0.15, -0.1) is 0 Å². The largest absolute Gasteiger partial charge is 0.466 e. The fraction of sp³-hybridized carbons (Fsp3) is 1.00. The minimum absolute atomic E-state index is 0.0953. The fourth-order valence-electron chi connectivity index (χ4n) is 3.15. The van der Waals surface area contributed by atoms with Crippen molar-refractivity contribution < 1.29 is 19.2 Å². The van der Waals surface area contributed by atoms with Crippen LogP contribution in [0.4, 0.5) is 0 Å². The summed E-state index contributed by atoms with van der Waals surface area (Å²) in [5.41, 5.74) is 0. The molecular formula is C20H45CaO4P. The van der Waals surface area contributed by atoms with Crippen LogP contribution < -0.4 is 0 Å². The molecule has 0 fully saturated rings. The quantitative estimate of drug-likeness (QED) is 0.128. The fourth-order valence-corrected chi connectivity index (χ4v) is 5.91. The molecule has 6 heteroatoms. The number of rotatable bonds is 18. The smallest absolute Gasteiger partial charge is 0.303 e. The average Bonchev–Trinajstić information content (AvgIpc) is 2.56. The van der Waals surface area contributed by atoms with Gasteiger partial charge in [0.05, 0.1) is 0 Å². The number of unbranched alkanes of at least 4 members (excludes halogenated alkanes) is 14. The van der Waals surface area contributed by atoms with Gasteiger partial charge in [0.2, 0.25) is 0 Å². The van der Waals surface area contributed by atoms with Crippen LogP contribution in [0.15, 0.2) is 0 Å². The Morgan fingerprint density at radius 3 is 1.04 bits per heavy atom. The van der Waals surface area contributed by atoms with Crippen molar-refractivity contribution in [3.8, 4) is 0 Å². The molecule has 156 valence electrons. The number of hydrogen-bond acceptors (Lipinski definition) is 1. The van der Waals surface area contributed by atoms with Gasteiger partial charge in [-0.05, 0) is 0 Å². The second kappa shape index (κ2) is 24.4. The van der Waals surface area contributed by atoms with Crippen LogP contribution in [-0.4, -0.2) is 48.5 Å². The zero-order chi connectivity index (χ0) is 19.9. The maximum Gasteiger partial charge on any atom is 0.466 e. The molecule has 0 heterocycles. The third-order valence-corrected chi connectivity index (χ3v) is 7.83. The van der Waals surface area contributed by atoms with E-state index in [4.69, 9.17) is 19.2 Å². The predicted molar refractivity (Wildman–Crippen MR) is 115 cm³/mol. The first kappa shape index (κ1) is 29.6. The van der Waals surface area contributed by atoms with E-state index in [9.17, 15) is 0 Å². The van der Waals surface area contributed by atoms with Crippen molar-refractivity contribution in [3.05, 3.63) is 0 Å². The van der Waals surface area contributed by atoms with Gasteiger partial charge in [-0.1, -0.05) is 0 Å². The Kier molecular flexibility index (Phi) is 27.8. The normalized spacial score (nSPS) is 11.0. The SMILES string of the molecule is CCCCCCCCC[CH2][Ca][CH2]CCCCCCCCC.O=P(O)(O)O. The number of hydrogen-bond donors (Lipinski definition) is 3. The van der Waals surface area contributed by atoms with Crippen molar-refractivity contribution in [2.24, 2.45) is 0 Å². The van der Waals surface area contributed by atoms with Gasteiger partial charge in [0.15, 0.2) is 0 Å². The summed E-state index contributed by atoms with van der Waals surface area (Å²) < 4.78 is 12.2. The van der Waals surface area contributed by atoms with Gasteiger partial charge in [-0.25, -0.2) is 4.57 Å². The summed E-state index contributed by atoms with van der Waals surface area (Å²) >= 11 is -0.0953. The molecule has 4 nitrogen and oxygen atoms in total. The average molecular weight is 421 g/mol. The molecule has 0 aliphatic heterocycles. The van der Waals surface area contributed by atoms with E-state index in [1.165, 1.54) is 89.9 Å². The molecule has 0 radical (unpaired) electrons. The third kappa shape index (κ3) is 40.2. The van der Waals surface area contributed by atoms with Crippen LogP contribution in [-0.2, 0) is 4.57 Å². The Hall–Kier alpha value is 1.37. The second-order valence-electron chi connectivity index (χ2n) is 7.52. The molecule has 0 aromatic rings. The monoisotopic (exact) mass is 420 g/mol.